The minimum Gasteiger partial charge on any atom is -0.504 e. The molecule has 0 unspecified atom stereocenters. The lowest BCUT2D eigenvalue weighted by atomic mass is 10.2. The number of phenols is 1. The molecule has 0 spiro atoms. The molecule has 10 nitrogen and oxygen atoms in total. The molecule has 26 heavy (non-hydrogen) atoms. The molecular formula is C14H10Br2N4O6. The van der Waals surface area contributed by atoms with Crippen molar-refractivity contribution in [1.82, 2.24) is 0 Å². The molecule has 2 aromatic carbocycles. The number of ether oxygens (including phenoxy) is 1. The monoisotopic (exact) mass is 488 g/mol. The Kier molecular flexibility index (Phi) is 6.10. The Morgan fingerprint density at radius 3 is 2.50 bits per heavy atom. The lowest BCUT2D eigenvalue weighted by Gasteiger charge is -2.09. The first-order valence-corrected chi connectivity index (χ1v) is 8.31. The van der Waals surface area contributed by atoms with Gasteiger partial charge in [-0.2, -0.15) is 5.10 Å². The zero-order valence-corrected chi connectivity index (χ0v) is 16.1. The first-order valence-electron chi connectivity index (χ1n) is 6.73. The van der Waals surface area contributed by atoms with Crippen molar-refractivity contribution in [2.75, 3.05) is 12.5 Å². The highest BCUT2D eigenvalue weighted by Gasteiger charge is 2.19. The van der Waals surface area contributed by atoms with Crippen molar-refractivity contribution in [3.63, 3.8) is 0 Å². The number of hydrogen-bond donors (Lipinski definition) is 2. The van der Waals surface area contributed by atoms with E-state index < -0.39 is 21.2 Å². The third kappa shape index (κ3) is 4.08. The fraction of sp³-hybridized carbons (Fsp3) is 0.0714. The van der Waals surface area contributed by atoms with Gasteiger partial charge in [-0.25, -0.2) is 0 Å². The molecule has 0 aliphatic carbocycles. The van der Waals surface area contributed by atoms with Crippen LogP contribution in [0.4, 0.5) is 17.1 Å². The van der Waals surface area contributed by atoms with Gasteiger partial charge in [0.05, 0.1) is 34.8 Å². The maximum absolute atomic E-state index is 11.1. The Morgan fingerprint density at radius 2 is 1.92 bits per heavy atom. The van der Waals surface area contributed by atoms with E-state index in [1.54, 1.807) is 6.07 Å². The molecule has 2 aromatic rings. The highest BCUT2D eigenvalue weighted by atomic mass is 79.9. The summed E-state index contributed by atoms with van der Waals surface area (Å²) in [5.74, 6) is 0.00849. The second-order valence-corrected chi connectivity index (χ2v) is 6.37. The smallest absolute Gasteiger partial charge is 0.301 e. The molecule has 0 heterocycles. The van der Waals surface area contributed by atoms with Gasteiger partial charge in [0.2, 0.25) is 0 Å². The number of hydrogen-bond acceptors (Lipinski definition) is 8. The van der Waals surface area contributed by atoms with Gasteiger partial charge in [0.15, 0.2) is 11.5 Å². The van der Waals surface area contributed by atoms with E-state index in [0.29, 0.717) is 8.95 Å². The second-order valence-electron chi connectivity index (χ2n) is 4.72. The fourth-order valence-electron chi connectivity index (χ4n) is 1.93. The Bertz CT molecular complexity index is 919. The molecule has 12 heteroatoms. The molecule has 0 radical (unpaired) electrons. The minimum absolute atomic E-state index is 0.0468. The molecule has 0 bridgehead atoms. The van der Waals surface area contributed by atoms with Crippen molar-refractivity contribution < 1.29 is 19.7 Å². The van der Waals surface area contributed by atoms with Gasteiger partial charge in [-0.15, -0.1) is 0 Å². The van der Waals surface area contributed by atoms with Gasteiger partial charge in [0, 0.05) is 15.0 Å². The Balaban J connectivity index is 2.36. The number of nitro groups is 2. The summed E-state index contributed by atoms with van der Waals surface area (Å²) in [7, 11) is 1.38. The number of rotatable bonds is 6. The van der Waals surface area contributed by atoms with Crippen LogP contribution in [0, 0.1) is 20.2 Å². The standard InChI is InChI=1S/C14H10Br2N4O6/c1-26-12-5-9(15)13(16)8(14(12)21)6-17-18-10-3-2-7(19(22)23)4-11(10)20(24)25/h2-6,18,21H,1H3. The number of nitro benzene ring substituents is 2. The largest absolute Gasteiger partial charge is 0.504 e. The van der Waals surface area contributed by atoms with E-state index in [9.17, 15) is 25.3 Å². The average Bonchev–Trinajstić information content (AvgIpc) is 2.60. The van der Waals surface area contributed by atoms with Crippen LogP contribution in [0.15, 0.2) is 38.3 Å². The molecule has 2 rings (SSSR count). The van der Waals surface area contributed by atoms with Gasteiger partial charge in [0.25, 0.3) is 5.69 Å². The Morgan fingerprint density at radius 1 is 1.23 bits per heavy atom. The van der Waals surface area contributed by atoms with Crippen LogP contribution in [0.5, 0.6) is 11.5 Å². The number of anilines is 1. The van der Waals surface area contributed by atoms with E-state index in [2.05, 4.69) is 42.4 Å². The Labute approximate surface area is 163 Å². The minimum atomic E-state index is -0.764. The number of methoxy groups -OCH3 is 1. The molecule has 0 saturated heterocycles. The number of nitrogens with zero attached hydrogens (tertiary/aromatic N) is 3. The molecule has 0 aliphatic rings. The Hall–Kier alpha value is -2.73. The van der Waals surface area contributed by atoms with Gasteiger partial charge in [-0.1, -0.05) is 0 Å². The molecule has 0 aliphatic heterocycles. The second kappa shape index (κ2) is 8.10. The first kappa shape index (κ1) is 19.6. The fourth-order valence-corrected chi connectivity index (χ4v) is 2.76. The van der Waals surface area contributed by atoms with Gasteiger partial charge in [-0.3, -0.25) is 25.7 Å². The summed E-state index contributed by atoms with van der Waals surface area (Å²) >= 11 is 6.57. The van der Waals surface area contributed by atoms with E-state index in [0.717, 1.165) is 12.1 Å². The molecule has 0 saturated carbocycles. The van der Waals surface area contributed by atoms with Crippen LogP contribution in [0.1, 0.15) is 5.56 Å². The van der Waals surface area contributed by atoms with Crippen molar-refractivity contribution in [3.8, 4) is 11.5 Å². The van der Waals surface area contributed by atoms with Crippen LogP contribution in [0.2, 0.25) is 0 Å². The van der Waals surface area contributed by atoms with Crippen LogP contribution in [-0.4, -0.2) is 28.3 Å². The van der Waals surface area contributed by atoms with E-state index >= 15 is 0 Å². The van der Waals surface area contributed by atoms with Crippen LogP contribution in [-0.2, 0) is 0 Å². The zero-order chi connectivity index (χ0) is 19.4. The highest BCUT2D eigenvalue weighted by molar-refractivity contribution is 9.13. The van der Waals surface area contributed by atoms with Crippen molar-refractivity contribution in [3.05, 3.63) is 59.0 Å². The van der Waals surface area contributed by atoms with Crippen molar-refractivity contribution in [2.45, 2.75) is 0 Å². The number of non-ortho nitro benzene ring substituents is 1. The first-order chi connectivity index (χ1) is 12.3. The van der Waals surface area contributed by atoms with Crippen molar-refractivity contribution in [1.29, 1.82) is 0 Å². The maximum atomic E-state index is 11.1. The summed E-state index contributed by atoms with van der Waals surface area (Å²) in [5, 5.41) is 35.8. The summed E-state index contributed by atoms with van der Waals surface area (Å²) < 4.78 is 6.11. The van der Waals surface area contributed by atoms with Crippen LogP contribution < -0.4 is 10.2 Å². The average molecular weight is 490 g/mol. The summed E-state index contributed by atoms with van der Waals surface area (Å²) in [5.41, 5.74) is 1.73. The summed E-state index contributed by atoms with van der Waals surface area (Å²) in [6.07, 6.45) is 1.22. The number of aromatic hydroxyl groups is 1. The number of benzene rings is 2. The summed E-state index contributed by atoms with van der Waals surface area (Å²) in [6.45, 7) is 0. The van der Waals surface area contributed by atoms with Crippen molar-refractivity contribution in [2.24, 2.45) is 5.10 Å². The van der Waals surface area contributed by atoms with Crippen molar-refractivity contribution >= 4 is 55.1 Å². The lowest BCUT2D eigenvalue weighted by molar-refractivity contribution is -0.393. The van der Waals surface area contributed by atoms with Gasteiger partial charge in [0.1, 0.15) is 5.69 Å². The number of halogens is 2. The molecule has 2 N–H and O–H groups in total. The van der Waals surface area contributed by atoms with Crippen LogP contribution in [0.25, 0.3) is 0 Å². The normalized spacial score (nSPS) is 10.7. The van der Waals surface area contributed by atoms with Gasteiger partial charge in [-0.05, 0) is 44.0 Å². The number of hydrazone groups is 1. The number of nitrogens with one attached hydrogen (secondary N) is 1. The predicted octanol–water partition coefficient (Wildman–Crippen LogP) is 4.19. The quantitative estimate of drug-likeness (QED) is 0.352. The summed E-state index contributed by atoms with van der Waals surface area (Å²) in [6, 6.07) is 4.66. The molecule has 0 fully saturated rings. The van der Waals surface area contributed by atoms with E-state index in [1.165, 1.54) is 19.4 Å². The van der Waals surface area contributed by atoms with Crippen LogP contribution >= 0.6 is 31.9 Å². The third-order valence-electron chi connectivity index (χ3n) is 3.18. The molecule has 0 aromatic heterocycles. The molecule has 0 atom stereocenters. The third-order valence-corrected chi connectivity index (χ3v) is 5.19. The van der Waals surface area contributed by atoms with E-state index in [-0.39, 0.29) is 22.7 Å². The van der Waals surface area contributed by atoms with Gasteiger partial charge < -0.3 is 9.84 Å². The zero-order valence-electron chi connectivity index (χ0n) is 13.0. The van der Waals surface area contributed by atoms with Crippen LogP contribution in [0.3, 0.4) is 0 Å². The molecular weight excluding hydrogens is 480 g/mol. The predicted molar refractivity (Wildman–Crippen MR) is 101 cm³/mol. The van der Waals surface area contributed by atoms with E-state index in [4.69, 9.17) is 4.74 Å². The molecule has 136 valence electrons. The lowest BCUT2D eigenvalue weighted by Crippen LogP contribution is -1.99. The topological polar surface area (TPSA) is 140 Å². The van der Waals surface area contributed by atoms with E-state index in [1.807, 2.05) is 0 Å². The summed E-state index contributed by atoms with van der Waals surface area (Å²) in [4.78, 5) is 20.3. The maximum Gasteiger partial charge on any atom is 0.301 e. The number of phenolic OH excluding ortho intramolecular Hbond substituents is 1. The van der Waals surface area contributed by atoms with Gasteiger partial charge >= 0.3 is 5.69 Å². The highest BCUT2D eigenvalue weighted by Crippen LogP contribution is 2.39. The molecule has 0 amide bonds. The SMILES string of the molecule is COc1cc(Br)c(Br)c(C=NNc2ccc([N+](=O)[O-])cc2[N+](=O)[O-])c1O.